The summed E-state index contributed by atoms with van der Waals surface area (Å²) in [6, 6.07) is 14.3. The highest BCUT2D eigenvalue weighted by atomic mass is 35.5. The minimum atomic E-state index is -0.561. The number of carbonyl (C=O) groups excluding carboxylic acids is 1. The Morgan fingerprint density at radius 1 is 1.33 bits per heavy atom. The molecule has 0 bridgehead atoms. The number of rotatable bonds is 2. The van der Waals surface area contributed by atoms with E-state index in [1.54, 1.807) is 12.1 Å². The Bertz CT molecular complexity index is 727. The molecule has 0 saturated carbocycles. The van der Waals surface area contributed by atoms with Crippen molar-refractivity contribution >= 4 is 23.2 Å². The zero-order chi connectivity index (χ0) is 14.8. The van der Waals surface area contributed by atoms with Gasteiger partial charge >= 0.3 is 0 Å². The van der Waals surface area contributed by atoms with Gasteiger partial charge in [0.1, 0.15) is 5.75 Å². The quantitative estimate of drug-likeness (QED) is 0.926. The second-order valence-corrected chi connectivity index (χ2v) is 5.12. The zero-order valence-electron chi connectivity index (χ0n) is 11.0. The molecule has 1 aliphatic heterocycles. The first kappa shape index (κ1) is 13.5. The molecule has 5 heteroatoms. The molecular formula is C16H11ClN2O2. The molecule has 0 aromatic heterocycles. The summed E-state index contributed by atoms with van der Waals surface area (Å²) in [5, 5.41) is 11.9. The Balaban J connectivity index is 1.73. The normalized spacial score (nSPS) is 15.7. The number of nitrogens with one attached hydrogen (secondary N) is 1. The Kier molecular flexibility index (Phi) is 3.51. The van der Waals surface area contributed by atoms with Crippen molar-refractivity contribution in [3.05, 3.63) is 58.6 Å². The van der Waals surface area contributed by atoms with Crippen molar-refractivity contribution in [2.45, 2.75) is 12.5 Å². The van der Waals surface area contributed by atoms with Crippen LogP contribution in [-0.4, -0.2) is 12.0 Å². The molecule has 1 aliphatic rings. The van der Waals surface area contributed by atoms with E-state index >= 15 is 0 Å². The first-order valence-electron chi connectivity index (χ1n) is 6.42. The monoisotopic (exact) mass is 298 g/mol. The predicted octanol–water partition coefficient (Wildman–Crippen LogP) is 3.15. The van der Waals surface area contributed by atoms with Gasteiger partial charge in [-0.1, -0.05) is 29.8 Å². The van der Waals surface area contributed by atoms with Gasteiger partial charge in [-0.05, 0) is 29.8 Å². The van der Waals surface area contributed by atoms with Gasteiger partial charge in [-0.3, -0.25) is 4.79 Å². The maximum absolute atomic E-state index is 12.2. The lowest BCUT2D eigenvalue weighted by Gasteiger charge is -2.12. The fourth-order valence-corrected chi connectivity index (χ4v) is 2.46. The number of nitriles is 1. The van der Waals surface area contributed by atoms with Crippen molar-refractivity contribution in [2.75, 3.05) is 5.32 Å². The Morgan fingerprint density at radius 3 is 2.86 bits per heavy atom. The van der Waals surface area contributed by atoms with Crippen molar-refractivity contribution in [3.8, 4) is 11.8 Å². The molecule has 21 heavy (non-hydrogen) atoms. The molecule has 1 heterocycles. The smallest absolute Gasteiger partial charge is 0.265 e. The van der Waals surface area contributed by atoms with Crippen LogP contribution in [0, 0.1) is 11.3 Å². The van der Waals surface area contributed by atoms with Crippen molar-refractivity contribution < 1.29 is 9.53 Å². The van der Waals surface area contributed by atoms with E-state index in [0.717, 1.165) is 11.3 Å². The van der Waals surface area contributed by atoms with Gasteiger partial charge in [0.15, 0.2) is 6.10 Å². The van der Waals surface area contributed by atoms with Crippen LogP contribution < -0.4 is 10.1 Å². The first-order valence-corrected chi connectivity index (χ1v) is 6.80. The largest absolute Gasteiger partial charge is 0.480 e. The lowest BCUT2D eigenvalue weighted by atomic mass is 10.1. The summed E-state index contributed by atoms with van der Waals surface area (Å²) in [6.45, 7) is 0. The highest BCUT2D eigenvalue weighted by molar-refractivity contribution is 6.33. The molecule has 1 amide bonds. The molecule has 0 aliphatic carbocycles. The number of anilines is 1. The van der Waals surface area contributed by atoms with Crippen molar-refractivity contribution in [3.63, 3.8) is 0 Å². The van der Waals surface area contributed by atoms with E-state index in [4.69, 9.17) is 21.6 Å². The van der Waals surface area contributed by atoms with E-state index in [0.29, 0.717) is 22.7 Å². The molecule has 1 N–H and O–H groups in total. The predicted molar refractivity (Wildman–Crippen MR) is 79.4 cm³/mol. The Hall–Kier alpha value is -2.51. The lowest BCUT2D eigenvalue weighted by molar-refractivity contribution is -0.122. The molecule has 0 radical (unpaired) electrons. The fraction of sp³-hybridized carbons (Fsp3) is 0.125. The van der Waals surface area contributed by atoms with E-state index in [1.807, 2.05) is 30.3 Å². The summed E-state index contributed by atoms with van der Waals surface area (Å²) in [6.07, 6.45) is -0.0234. The number of halogens is 1. The minimum absolute atomic E-state index is 0.252. The van der Waals surface area contributed by atoms with Crippen molar-refractivity contribution in [2.24, 2.45) is 0 Å². The highest BCUT2D eigenvalue weighted by Crippen LogP contribution is 2.29. The van der Waals surface area contributed by atoms with Crippen LogP contribution >= 0.6 is 11.6 Å². The van der Waals surface area contributed by atoms with Gasteiger partial charge in [-0.15, -0.1) is 0 Å². The van der Waals surface area contributed by atoms with Crippen LogP contribution in [-0.2, 0) is 11.2 Å². The van der Waals surface area contributed by atoms with Crippen LogP contribution in [0.3, 0.4) is 0 Å². The number of fused-ring (bicyclic) bond motifs is 1. The van der Waals surface area contributed by atoms with E-state index in [-0.39, 0.29) is 5.91 Å². The summed E-state index contributed by atoms with van der Waals surface area (Å²) in [5.41, 5.74) is 1.94. The maximum Gasteiger partial charge on any atom is 0.265 e. The third-order valence-electron chi connectivity index (χ3n) is 3.30. The standard InChI is InChI=1S/C16H11ClN2O2/c17-12-7-10(9-18)5-6-13(12)19-16(20)15-8-11-3-1-2-4-14(11)21-15/h1-7,15H,8H2,(H,19,20). The molecule has 2 aromatic rings. The molecule has 4 nitrogen and oxygen atoms in total. The Labute approximate surface area is 126 Å². The second kappa shape index (κ2) is 5.47. The molecular weight excluding hydrogens is 288 g/mol. The topological polar surface area (TPSA) is 62.1 Å². The molecule has 1 unspecified atom stereocenters. The van der Waals surface area contributed by atoms with Gasteiger partial charge in [0.2, 0.25) is 0 Å². The van der Waals surface area contributed by atoms with Crippen molar-refractivity contribution in [1.29, 1.82) is 5.26 Å². The van der Waals surface area contributed by atoms with Gasteiger partial charge in [0.25, 0.3) is 5.91 Å². The summed E-state index contributed by atoms with van der Waals surface area (Å²) >= 11 is 6.04. The number of amides is 1. The molecule has 2 aromatic carbocycles. The number of para-hydroxylation sites is 1. The number of carbonyl (C=O) groups is 1. The first-order chi connectivity index (χ1) is 10.2. The highest BCUT2D eigenvalue weighted by Gasteiger charge is 2.29. The molecule has 0 fully saturated rings. The van der Waals surface area contributed by atoms with Crippen LogP contribution in [0.2, 0.25) is 5.02 Å². The number of hydrogen-bond donors (Lipinski definition) is 1. The number of ether oxygens (including phenoxy) is 1. The van der Waals surface area contributed by atoms with Crippen LogP contribution in [0.4, 0.5) is 5.69 Å². The van der Waals surface area contributed by atoms with Gasteiger partial charge in [-0.25, -0.2) is 0 Å². The third kappa shape index (κ3) is 2.69. The Morgan fingerprint density at radius 2 is 2.14 bits per heavy atom. The number of hydrogen-bond acceptors (Lipinski definition) is 3. The molecule has 1 atom stereocenters. The third-order valence-corrected chi connectivity index (χ3v) is 3.61. The fourth-order valence-electron chi connectivity index (χ4n) is 2.23. The summed E-state index contributed by atoms with van der Waals surface area (Å²) in [4.78, 5) is 12.2. The number of nitrogens with zero attached hydrogens (tertiary/aromatic N) is 1. The SMILES string of the molecule is N#Cc1ccc(NC(=O)C2Cc3ccccc3O2)c(Cl)c1. The van der Waals surface area contributed by atoms with Crippen LogP contribution in [0.15, 0.2) is 42.5 Å². The zero-order valence-corrected chi connectivity index (χ0v) is 11.7. The molecule has 0 spiro atoms. The van der Waals surface area contributed by atoms with Crippen LogP contribution in [0.1, 0.15) is 11.1 Å². The van der Waals surface area contributed by atoms with Crippen molar-refractivity contribution in [1.82, 2.24) is 0 Å². The van der Waals surface area contributed by atoms with Crippen LogP contribution in [0.5, 0.6) is 5.75 Å². The molecule has 0 saturated heterocycles. The summed E-state index contributed by atoms with van der Waals surface area (Å²) < 4.78 is 5.62. The van der Waals surface area contributed by atoms with E-state index < -0.39 is 6.10 Å². The van der Waals surface area contributed by atoms with E-state index in [1.165, 1.54) is 6.07 Å². The van der Waals surface area contributed by atoms with Crippen LogP contribution in [0.25, 0.3) is 0 Å². The summed E-state index contributed by atoms with van der Waals surface area (Å²) in [5.74, 6) is 0.487. The average Bonchev–Trinajstić information content (AvgIpc) is 2.93. The van der Waals surface area contributed by atoms with Gasteiger partial charge in [-0.2, -0.15) is 5.26 Å². The van der Waals surface area contributed by atoms with Gasteiger partial charge in [0, 0.05) is 6.42 Å². The van der Waals surface area contributed by atoms with Gasteiger partial charge < -0.3 is 10.1 Å². The molecule has 104 valence electrons. The maximum atomic E-state index is 12.2. The lowest BCUT2D eigenvalue weighted by Crippen LogP contribution is -2.31. The molecule has 3 rings (SSSR count). The summed E-state index contributed by atoms with van der Waals surface area (Å²) in [7, 11) is 0. The second-order valence-electron chi connectivity index (χ2n) is 4.71. The van der Waals surface area contributed by atoms with E-state index in [9.17, 15) is 4.79 Å². The average molecular weight is 299 g/mol. The van der Waals surface area contributed by atoms with E-state index in [2.05, 4.69) is 5.32 Å². The van der Waals surface area contributed by atoms with Gasteiger partial charge in [0.05, 0.1) is 22.3 Å². The minimum Gasteiger partial charge on any atom is -0.480 e. The number of benzene rings is 2.